The van der Waals surface area contributed by atoms with Gasteiger partial charge in [0.05, 0.1) is 16.9 Å². The summed E-state index contributed by atoms with van der Waals surface area (Å²) in [6.45, 7) is 0. The molecule has 0 radical (unpaired) electrons. The fourth-order valence-corrected chi connectivity index (χ4v) is 2.59. The van der Waals surface area contributed by atoms with E-state index in [0.29, 0.717) is 17.1 Å². The Morgan fingerprint density at radius 2 is 2.19 bits per heavy atom. The Bertz CT molecular complexity index is 841. The van der Waals surface area contributed by atoms with E-state index in [9.17, 15) is 4.79 Å². The SMILES string of the molecule is Cn1cc(N)cc1C(=O)Nc1cccc2cc(Br)cnc12. The molecule has 21 heavy (non-hydrogen) atoms. The van der Waals surface area contributed by atoms with E-state index >= 15 is 0 Å². The molecule has 106 valence electrons. The van der Waals surface area contributed by atoms with Gasteiger partial charge >= 0.3 is 0 Å². The van der Waals surface area contributed by atoms with Gasteiger partial charge in [-0.15, -0.1) is 0 Å². The number of pyridine rings is 1. The Balaban J connectivity index is 1.98. The van der Waals surface area contributed by atoms with Crippen LogP contribution in [0.25, 0.3) is 10.9 Å². The van der Waals surface area contributed by atoms with Crippen LogP contribution in [-0.4, -0.2) is 15.5 Å². The van der Waals surface area contributed by atoms with E-state index in [4.69, 9.17) is 5.73 Å². The maximum absolute atomic E-state index is 12.3. The third-order valence-corrected chi connectivity index (χ3v) is 3.62. The van der Waals surface area contributed by atoms with Crippen LogP contribution >= 0.6 is 15.9 Å². The molecule has 1 amide bonds. The number of nitrogens with two attached hydrogens (primary N) is 1. The van der Waals surface area contributed by atoms with E-state index in [1.165, 1.54) is 0 Å². The van der Waals surface area contributed by atoms with Crippen molar-refractivity contribution in [3.8, 4) is 0 Å². The molecule has 0 aliphatic carbocycles. The second-order valence-corrected chi connectivity index (χ2v) is 5.67. The van der Waals surface area contributed by atoms with Gasteiger partial charge in [-0.1, -0.05) is 12.1 Å². The topological polar surface area (TPSA) is 72.9 Å². The number of amides is 1. The molecule has 3 rings (SSSR count). The Labute approximate surface area is 129 Å². The Morgan fingerprint density at radius 3 is 2.90 bits per heavy atom. The minimum absolute atomic E-state index is 0.216. The first-order valence-electron chi connectivity index (χ1n) is 6.32. The molecule has 0 aliphatic rings. The summed E-state index contributed by atoms with van der Waals surface area (Å²) >= 11 is 3.39. The normalized spacial score (nSPS) is 10.8. The molecule has 2 heterocycles. The van der Waals surface area contributed by atoms with E-state index in [1.807, 2.05) is 24.3 Å². The van der Waals surface area contributed by atoms with Gasteiger partial charge in [-0.2, -0.15) is 0 Å². The van der Waals surface area contributed by atoms with Crippen molar-refractivity contribution in [1.29, 1.82) is 0 Å². The van der Waals surface area contributed by atoms with Gasteiger partial charge in [0.2, 0.25) is 0 Å². The van der Waals surface area contributed by atoms with Gasteiger partial charge in [-0.3, -0.25) is 9.78 Å². The van der Waals surface area contributed by atoms with Gasteiger partial charge in [-0.25, -0.2) is 0 Å². The number of nitrogen functional groups attached to an aromatic ring is 1. The number of anilines is 2. The van der Waals surface area contributed by atoms with Crippen molar-refractivity contribution in [2.75, 3.05) is 11.1 Å². The summed E-state index contributed by atoms with van der Waals surface area (Å²) in [5.74, 6) is -0.216. The molecule has 6 heteroatoms. The molecule has 0 bridgehead atoms. The van der Waals surface area contributed by atoms with Crippen molar-refractivity contribution in [2.24, 2.45) is 7.05 Å². The van der Waals surface area contributed by atoms with Gasteiger partial charge in [-0.05, 0) is 34.1 Å². The highest BCUT2D eigenvalue weighted by Crippen LogP contribution is 2.24. The van der Waals surface area contributed by atoms with Crippen molar-refractivity contribution >= 4 is 44.1 Å². The molecule has 5 nitrogen and oxygen atoms in total. The molecule has 2 aromatic heterocycles. The van der Waals surface area contributed by atoms with Crippen molar-refractivity contribution in [2.45, 2.75) is 0 Å². The van der Waals surface area contributed by atoms with E-state index in [2.05, 4.69) is 26.2 Å². The predicted molar refractivity (Wildman–Crippen MR) is 87.2 cm³/mol. The molecule has 0 aliphatic heterocycles. The van der Waals surface area contributed by atoms with Gasteiger partial charge in [0, 0.05) is 29.3 Å². The molecule has 0 saturated heterocycles. The third-order valence-electron chi connectivity index (χ3n) is 3.18. The second kappa shape index (κ2) is 5.21. The number of hydrogen-bond donors (Lipinski definition) is 2. The summed E-state index contributed by atoms with van der Waals surface area (Å²) < 4.78 is 2.59. The fraction of sp³-hybridized carbons (Fsp3) is 0.0667. The number of aromatic nitrogens is 2. The molecule has 0 fully saturated rings. The van der Waals surface area contributed by atoms with E-state index in [0.717, 1.165) is 15.4 Å². The fourth-order valence-electron chi connectivity index (χ4n) is 2.24. The maximum atomic E-state index is 12.3. The van der Waals surface area contributed by atoms with Crippen LogP contribution in [0.15, 0.2) is 47.2 Å². The van der Waals surface area contributed by atoms with Crippen molar-refractivity contribution in [3.63, 3.8) is 0 Å². The maximum Gasteiger partial charge on any atom is 0.272 e. The smallest absolute Gasteiger partial charge is 0.272 e. The Hall–Kier alpha value is -2.34. The summed E-state index contributed by atoms with van der Waals surface area (Å²) in [4.78, 5) is 16.7. The average molecular weight is 345 g/mol. The lowest BCUT2D eigenvalue weighted by molar-refractivity contribution is 0.101. The molecular weight excluding hydrogens is 332 g/mol. The van der Waals surface area contributed by atoms with Crippen LogP contribution in [-0.2, 0) is 7.05 Å². The van der Waals surface area contributed by atoms with E-state index < -0.39 is 0 Å². The number of carbonyl (C=O) groups excluding carboxylic acids is 1. The van der Waals surface area contributed by atoms with Gasteiger partial charge in [0.1, 0.15) is 5.69 Å². The van der Waals surface area contributed by atoms with Crippen LogP contribution in [0.4, 0.5) is 11.4 Å². The lowest BCUT2D eigenvalue weighted by atomic mass is 10.2. The molecule has 0 spiro atoms. The monoisotopic (exact) mass is 344 g/mol. The summed E-state index contributed by atoms with van der Waals surface area (Å²) in [5.41, 5.74) is 8.18. The highest BCUT2D eigenvalue weighted by Gasteiger charge is 2.13. The zero-order chi connectivity index (χ0) is 15.0. The summed E-state index contributed by atoms with van der Waals surface area (Å²) in [6.07, 6.45) is 3.41. The minimum Gasteiger partial charge on any atom is -0.397 e. The van der Waals surface area contributed by atoms with Crippen molar-refractivity contribution < 1.29 is 4.79 Å². The molecule has 0 atom stereocenters. The number of carbonyl (C=O) groups is 1. The zero-order valence-corrected chi connectivity index (χ0v) is 12.9. The number of nitrogens with zero attached hydrogens (tertiary/aromatic N) is 2. The minimum atomic E-state index is -0.216. The van der Waals surface area contributed by atoms with Gasteiger partial charge in [0.15, 0.2) is 0 Å². The van der Waals surface area contributed by atoms with E-state index in [-0.39, 0.29) is 5.91 Å². The first kappa shape index (κ1) is 13.6. The van der Waals surface area contributed by atoms with Crippen molar-refractivity contribution in [1.82, 2.24) is 9.55 Å². The van der Waals surface area contributed by atoms with Crippen LogP contribution in [0, 0.1) is 0 Å². The number of hydrogen-bond acceptors (Lipinski definition) is 3. The Morgan fingerprint density at radius 1 is 1.38 bits per heavy atom. The highest BCUT2D eigenvalue weighted by molar-refractivity contribution is 9.10. The average Bonchev–Trinajstić information content (AvgIpc) is 2.77. The first-order valence-corrected chi connectivity index (χ1v) is 7.11. The van der Waals surface area contributed by atoms with E-state index in [1.54, 1.807) is 30.1 Å². The van der Waals surface area contributed by atoms with Crippen LogP contribution in [0.1, 0.15) is 10.5 Å². The number of nitrogens with one attached hydrogen (secondary N) is 1. The van der Waals surface area contributed by atoms with Crippen molar-refractivity contribution in [3.05, 3.63) is 52.9 Å². The van der Waals surface area contributed by atoms with Gasteiger partial charge < -0.3 is 15.6 Å². The molecule has 1 aromatic carbocycles. The number of benzene rings is 1. The number of para-hydroxylation sites is 1. The van der Waals surface area contributed by atoms with Crippen LogP contribution in [0.5, 0.6) is 0 Å². The number of halogens is 1. The lowest BCUT2D eigenvalue weighted by Crippen LogP contribution is -2.15. The molecule has 0 unspecified atom stereocenters. The highest BCUT2D eigenvalue weighted by atomic mass is 79.9. The molecule has 3 N–H and O–H groups in total. The number of aryl methyl sites for hydroxylation is 1. The molecular formula is C15H13BrN4O. The quantitative estimate of drug-likeness (QED) is 0.749. The second-order valence-electron chi connectivity index (χ2n) is 4.75. The number of fused-ring (bicyclic) bond motifs is 1. The molecule has 3 aromatic rings. The zero-order valence-electron chi connectivity index (χ0n) is 11.3. The first-order chi connectivity index (χ1) is 10.0. The predicted octanol–water partition coefficient (Wildman–Crippen LogP) is 3.17. The molecule has 0 saturated carbocycles. The number of rotatable bonds is 2. The van der Waals surface area contributed by atoms with Crippen LogP contribution < -0.4 is 11.1 Å². The summed E-state index contributed by atoms with van der Waals surface area (Å²) in [6, 6.07) is 9.26. The summed E-state index contributed by atoms with van der Waals surface area (Å²) in [7, 11) is 1.78. The third kappa shape index (κ3) is 2.62. The van der Waals surface area contributed by atoms with Gasteiger partial charge in [0.25, 0.3) is 5.91 Å². The largest absolute Gasteiger partial charge is 0.397 e. The summed E-state index contributed by atoms with van der Waals surface area (Å²) in [5, 5.41) is 3.83. The van der Waals surface area contributed by atoms with Crippen LogP contribution in [0.3, 0.4) is 0 Å². The van der Waals surface area contributed by atoms with Crippen LogP contribution in [0.2, 0.25) is 0 Å². The lowest BCUT2D eigenvalue weighted by Gasteiger charge is -2.08. The standard InChI is InChI=1S/C15H13BrN4O/c1-20-8-11(17)6-13(20)15(21)19-12-4-2-3-9-5-10(16)7-18-14(9)12/h2-8H,17H2,1H3,(H,19,21). The Kier molecular flexibility index (Phi) is 3.39.